The van der Waals surface area contributed by atoms with E-state index in [2.05, 4.69) is 78.3 Å². The van der Waals surface area contributed by atoms with E-state index in [1.807, 2.05) is 47.1 Å². The molecule has 0 bridgehead atoms. The summed E-state index contributed by atoms with van der Waals surface area (Å²) in [4.78, 5) is 36.5. The maximum absolute atomic E-state index is 12.4. The number of nitrogens with two attached hydrogens (primary N) is 1. The summed E-state index contributed by atoms with van der Waals surface area (Å²) in [6, 6.07) is -0.772. The van der Waals surface area contributed by atoms with Gasteiger partial charge in [-0.1, -0.05) is 101 Å². The van der Waals surface area contributed by atoms with Crippen LogP contribution in [0.25, 0.3) is 0 Å². The minimum Gasteiger partial charge on any atom is -0.387 e. The number of primary amides is 1. The first kappa shape index (κ1) is 43.5. The number of hydrogen-bond donors (Lipinski definition) is 4. The summed E-state index contributed by atoms with van der Waals surface area (Å²) in [5.74, 6) is -0.667. The molecule has 0 radical (unpaired) electrons. The monoisotopic (exact) mass is 677 g/mol. The first-order valence-electron chi connectivity index (χ1n) is 16.3. The third-order valence-corrected chi connectivity index (χ3v) is 9.52. The van der Waals surface area contributed by atoms with E-state index >= 15 is 0 Å². The van der Waals surface area contributed by atoms with E-state index in [-0.39, 0.29) is 29.4 Å². The van der Waals surface area contributed by atoms with Crippen LogP contribution >= 0.6 is 21.6 Å². The molecule has 5 N–H and O–H groups in total. The van der Waals surface area contributed by atoms with Crippen LogP contribution in [0.3, 0.4) is 0 Å². The first-order valence-corrected chi connectivity index (χ1v) is 18.6. The van der Waals surface area contributed by atoms with E-state index in [0.29, 0.717) is 29.7 Å². The Bertz CT molecular complexity index is 1040. The molecular formula is C36H61N4O4S2+. The van der Waals surface area contributed by atoms with Crippen molar-refractivity contribution in [3.63, 3.8) is 0 Å². The molecule has 8 nitrogen and oxygen atoms in total. The molecule has 0 fully saturated rings. The maximum atomic E-state index is 12.4. The largest absolute Gasteiger partial charge is 0.387 e. The summed E-state index contributed by atoms with van der Waals surface area (Å²) >= 11 is 0. The summed E-state index contributed by atoms with van der Waals surface area (Å²) in [6.07, 6.45) is 31.6. The molecule has 0 aromatic rings. The van der Waals surface area contributed by atoms with Gasteiger partial charge in [-0.25, -0.2) is 0 Å². The van der Waals surface area contributed by atoms with Crippen molar-refractivity contribution >= 4 is 39.3 Å². The SMILES string of the molecule is CC/C=C\C/C=C\C/C=C\C/C=C\C/C=C\C/C=C\CCC(=O)NC(CSSC(C)(C)CNC(=O)CC(O)C[N+](C)(C)C)C(N)=O. The van der Waals surface area contributed by atoms with Crippen LogP contribution in [0, 0.1) is 0 Å². The molecule has 0 aromatic carbocycles. The van der Waals surface area contributed by atoms with E-state index < -0.39 is 18.1 Å². The molecule has 3 amide bonds. The third kappa shape index (κ3) is 28.9. The second-order valence-electron chi connectivity index (χ2n) is 12.7. The van der Waals surface area contributed by atoms with E-state index in [1.165, 1.54) is 21.6 Å². The van der Waals surface area contributed by atoms with Gasteiger partial charge >= 0.3 is 0 Å². The van der Waals surface area contributed by atoms with Crippen LogP contribution in [0.5, 0.6) is 0 Å². The Kier molecular flexibility index (Phi) is 25.1. The van der Waals surface area contributed by atoms with E-state index in [4.69, 9.17) is 5.73 Å². The predicted molar refractivity (Wildman–Crippen MR) is 199 cm³/mol. The van der Waals surface area contributed by atoms with E-state index in [0.717, 1.165) is 38.5 Å². The Morgan fingerprint density at radius 3 is 1.74 bits per heavy atom. The lowest BCUT2D eigenvalue weighted by atomic mass is 10.2. The standard InChI is InChI=1S/C36H60N4O4S2/c1-7-8-9-10-11-12-13-14-15-16-17-18-19-20-21-22-23-24-25-26-33(42)39-32(35(37)44)29-45-46-36(2,3)30-38-34(43)27-31(41)28-40(4,5)6/h8-9,11-12,14-15,17-18,20-21,23-24,31-32,41H,7,10,13,16,19,22,25-30H2,1-6H3,(H3-,37,38,39,42,43,44)/p+1/b9-8-,12-11-,15-14-,18-17-,21-20-,24-23-. The van der Waals surface area contributed by atoms with E-state index in [1.54, 1.807) is 0 Å². The minimum absolute atomic E-state index is 0.0533. The number of aliphatic hydroxyl groups excluding tert-OH is 1. The number of rotatable bonds is 26. The van der Waals surface area contributed by atoms with Gasteiger partial charge in [-0.2, -0.15) is 0 Å². The second kappa shape index (κ2) is 26.5. The van der Waals surface area contributed by atoms with Gasteiger partial charge in [0.25, 0.3) is 0 Å². The highest BCUT2D eigenvalue weighted by molar-refractivity contribution is 8.77. The number of carbonyl (C=O) groups excluding carboxylic acids is 3. The number of nitrogens with zero attached hydrogens (tertiary/aromatic N) is 1. The Labute approximate surface area is 287 Å². The highest BCUT2D eigenvalue weighted by Crippen LogP contribution is 2.35. The molecule has 2 atom stereocenters. The number of aliphatic hydroxyl groups is 1. The van der Waals surface area contributed by atoms with Gasteiger partial charge in [-0.05, 0) is 58.8 Å². The van der Waals surface area contributed by atoms with Gasteiger partial charge in [-0.15, -0.1) is 0 Å². The first-order chi connectivity index (χ1) is 21.8. The summed E-state index contributed by atoms with van der Waals surface area (Å²) < 4.78 is 0.250. The fraction of sp³-hybridized carbons (Fsp3) is 0.583. The summed E-state index contributed by atoms with van der Waals surface area (Å²) in [5, 5.41) is 15.7. The smallest absolute Gasteiger partial charge is 0.240 e. The quantitative estimate of drug-likeness (QED) is 0.0494. The zero-order valence-corrected chi connectivity index (χ0v) is 30.7. The Balaban J connectivity index is 4.17. The molecule has 0 heterocycles. The number of amides is 3. The molecule has 0 aromatic heterocycles. The molecule has 0 aliphatic rings. The van der Waals surface area contributed by atoms with Crippen molar-refractivity contribution in [2.75, 3.05) is 40.0 Å². The molecule has 0 saturated carbocycles. The lowest BCUT2D eigenvalue weighted by Crippen LogP contribution is -2.46. The van der Waals surface area contributed by atoms with Gasteiger partial charge in [0.1, 0.15) is 18.7 Å². The number of nitrogens with one attached hydrogen (secondary N) is 2. The van der Waals surface area contributed by atoms with Crippen molar-refractivity contribution in [1.29, 1.82) is 0 Å². The molecule has 260 valence electrons. The van der Waals surface area contributed by atoms with Gasteiger partial charge < -0.3 is 26.0 Å². The summed E-state index contributed by atoms with van der Waals surface area (Å²) in [5.41, 5.74) is 5.53. The lowest BCUT2D eigenvalue weighted by Gasteiger charge is -2.27. The average Bonchev–Trinajstić information content (AvgIpc) is 2.95. The molecule has 10 heteroatoms. The Hall–Kier alpha value is -2.53. The third-order valence-electron chi connectivity index (χ3n) is 6.22. The van der Waals surface area contributed by atoms with Gasteiger partial charge in [0, 0.05) is 23.5 Å². The Morgan fingerprint density at radius 1 is 0.804 bits per heavy atom. The highest BCUT2D eigenvalue weighted by atomic mass is 33.1. The summed E-state index contributed by atoms with van der Waals surface area (Å²) in [7, 11) is 8.84. The van der Waals surface area contributed by atoms with Gasteiger partial charge in [0.2, 0.25) is 17.7 Å². The van der Waals surface area contributed by atoms with Crippen LogP contribution in [0.1, 0.15) is 78.6 Å². The number of allylic oxidation sites excluding steroid dienone is 12. The van der Waals surface area contributed by atoms with E-state index in [9.17, 15) is 19.5 Å². The Morgan fingerprint density at radius 2 is 1.28 bits per heavy atom. The number of quaternary nitrogens is 1. The molecular weight excluding hydrogens is 617 g/mol. The second-order valence-corrected chi connectivity index (χ2v) is 15.8. The number of likely N-dealkylation sites (N-methyl/N-ethyl adjacent to an activating group) is 1. The predicted octanol–water partition coefficient (Wildman–Crippen LogP) is 6.17. The van der Waals surface area contributed by atoms with Crippen LogP contribution in [0.4, 0.5) is 0 Å². The zero-order chi connectivity index (χ0) is 34.7. The number of carbonyl (C=O) groups is 3. The molecule has 0 rings (SSSR count). The topological polar surface area (TPSA) is 122 Å². The molecule has 0 saturated heterocycles. The van der Waals surface area contributed by atoms with Crippen molar-refractivity contribution in [2.45, 2.75) is 95.5 Å². The van der Waals surface area contributed by atoms with Crippen LogP contribution in [0.2, 0.25) is 0 Å². The summed E-state index contributed by atoms with van der Waals surface area (Å²) in [6.45, 7) is 7.00. The molecule has 46 heavy (non-hydrogen) atoms. The average molecular weight is 678 g/mol. The highest BCUT2D eigenvalue weighted by Gasteiger charge is 2.25. The van der Waals surface area contributed by atoms with Gasteiger partial charge in [-0.3, -0.25) is 14.4 Å². The van der Waals surface area contributed by atoms with Crippen molar-refractivity contribution < 1.29 is 24.0 Å². The van der Waals surface area contributed by atoms with Crippen LogP contribution in [-0.4, -0.2) is 84.2 Å². The molecule has 0 aliphatic heterocycles. The van der Waals surface area contributed by atoms with Crippen LogP contribution < -0.4 is 16.4 Å². The van der Waals surface area contributed by atoms with Crippen molar-refractivity contribution in [1.82, 2.24) is 10.6 Å². The van der Waals surface area contributed by atoms with Gasteiger partial charge in [0.05, 0.1) is 27.6 Å². The van der Waals surface area contributed by atoms with Gasteiger partial charge in [0.15, 0.2) is 0 Å². The van der Waals surface area contributed by atoms with Crippen molar-refractivity contribution in [3.8, 4) is 0 Å². The fourth-order valence-electron chi connectivity index (χ4n) is 3.90. The lowest BCUT2D eigenvalue weighted by molar-refractivity contribution is -0.873. The zero-order valence-electron chi connectivity index (χ0n) is 29.1. The van der Waals surface area contributed by atoms with Crippen LogP contribution in [-0.2, 0) is 14.4 Å². The van der Waals surface area contributed by atoms with Crippen molar-refractivity contribution in [2.24, 2.45) is 5.73 Å². The van der Waals surface area contributed by atoms with Crippen LogP contribution in [0.15, 0.2) is 72.9 Å². The fourth-order valence-corrected chi connectivity index (χ4v) is 6.55. The molecule has 0 aliphatic carbocycles. The molecule has 0 spiro atoms. The molecule has 2 unspecified atom stereocenters. The number of hydrogen-bond acceptors (Lipinski definition) is 6. The maximum Gasteiger partial charge on any atom is 0.240 e. The van der Waals surface area contributed by atoms with Crippen molar-refractivity contribution in [3.05, 3.63) is 72.9 Å². The normalized spacial score (nSPS) is 14.4. The minimum atomic E-state index is -0.772.